The van der Waals surface area contributed by atoms with Crippen LogP contribution in [0.2, 0.25) is 0 Å². The van der Waals surface area contributed by atoms with Gasteiger partial charge in [-0.05, 0) is 12.1 Å². The fourth-order valence-electron chi connectivity index (χ4n) is 1.45. The number of nitrogens with zero attached hydrogens (tertiary/aromatic N) is 2. The minimum atomic E-state index is 0.474. The van der Waals surface area contributed by atoms with Crippen molar-refractivity contribution >= 4 is 12.2 Å². The number of anilines is 1. The first-order valence-corrected chi connectivity index (χ1v) is 5.36. The average Bonchev–Trinajstić information content (AvgIpc) is 2.85. The van der Waals surface area contributed by atoms with E-state index in [0.717, 1.165) is 17.6 Å². The van der Waals surface area contributed by atoms with Gasteiger partial charge in [-0.1, -0.05) is 0 Å². The van der Waals surface area contributed by atoms with Gasteiger partial charge in [0.05, 0.1) is 5.56 Å². The third-order valence-electron chi connectivity index (χ3n) is 2.33. The van der Waals surface area contributed by atoms with Crippen molar-refractivity contribution < 1.29 is 9.21 Å². The summed E-state index contributed by atoms with van der Waals surface area (Å²) >= 11 is 0. The zero-order chi connectivity index (χ0) is 12.1. The molecule has 0 radical (unpaired) electrons. The van der Waals surface area contributed by atoms with Gasteiger partial charge in [0.25, 0.3) is 0 Å². The summed E-state index contributed by atoms with van der Waals surface area (Å²) in [7, 11) is 1.76. The summed E-state index contributed by atoms with van der Waals surface area (Å²) in [5.41, 5.74) is 0.821. The molecule has 0 bridgehead atoms. The van der Waals surface area contributed by atoms with Crippen molar-refractivity contribution in [1.29, 1.82) is 0 Å². The summed E-state index contributed by atoms with van der Waals surface area (Å²) in [4.78, 5) is 18.5. The fourth-order valence-corrected chi connectivity index (χ4v) is 1.45. The number of carbonyl (C=O) groups excluding carboxylic acids is 1. The number of carbonyl (C=O) groups is 1. The molecule has 1 N–H and O–H groups in total. The maximum Gasteiger partial charge on any atom is 0.222 e. The van der Waals surface area contributed by atoms with E-state index < -0.39 is 0 Å². The smallest absolute Gasteiger partial charge is 0.222 e. The lowest BCUT2D eigenvalue weighted by Crippen LogP contribution is -1.94. The normalized spacial score (nSPS) is 10.2. The van der Waals surface area contributed by atoms with Gasteiger partial charge < -0.3 is 14.5 Å². The molecule has 0 aromatic carbocycles. The monoisotopic (exact) mass is 231 g/mol. The molecule has 88 valence electrons. The summed E-state index contributed by atoms with van der Waals surface area (Å²) in [5.74, 6) is 2.08. The zero-order valence-electron chi connectivity index (χ0n) is 9.51. The van der Waals surface area contributed by atoms with Gasteiger partial charge in [0.2, 0.25) is 5.95 Å². The molecule has 2 rings (SSSR count). The summed E-state index contributed by atoms with van der Waals surface area (Å²) in [6.07, 6.45) is 5.37. The number of aldehydes is 1. The number of furan rings is 1. The Kier molecular flexibility index (Phi) is 3.49. The molecule has 5 heteroatoms. The van der Waals surface area contributed by atoms with E-state index in [9.17, 15) is 4.79 Å². The van der Waals surface area contributed by atoms with Gasteiger partial charge in [-0.15, -0.1) is 0 Å². The SMILES string of the molecule is CNc1ncc(-c2ccc(CCC=O)o2)cn1. The molecule has 5 nitrogen and oxygen atoms in total. The van der Waals surface area contributed by atoms with Crippen LogP contribution in [0, 0.1) is 0 Å². The number of rotatable bonds is 5. The quantitative estimate of drug-likeness (QED) is 0.796. The Hall–Kier alpha value is -2.17. The third-order valence-corrected chi connectivity index (χ3v) is 2.33. The molecule has 0 fully saturated rings. The Morgan fingerprint density at radius 1 is 1.35 bits per heavy atom. The van der Waals surface area contributed by atoms with E-state index in [4.69, 9.17) is 4.42 Å². The Balaban J connectivity index is 2.15. The van der Waals surface area contributed by atoms with Crippen LogP contribution in [0.3, 0.4) is 0 Å². The van der Waals surface area contributed by atoms with Crippen LogP contribution >= 0.6 is 0 Å². The standard InChI is InChI=1S/C12H13N3O2/c1-13-12-14-7-9(8-15-12)11-5-4-10(17-11)3-2-6-16/h4-8H,2-3H2,1H3,(H,13,14,15). The van der Waals surface area contributed by atoms with Crippen molar-refractivity contribution in [2.75, 3.05) is 12.4 Å². The Labute approximate surface area is 98.9 Å². The molecule has 2 aromatic heterocycles. The molecule has 0 aliphatic rings. The first-order valence-electron chi connectivity index (χ1n) is 5.36. The molecule has 0 atom stereocenters. The fraction of sp³-hybridized carbons (Fsp3) is 0.250. The molecule has 0 saturated heterocycles. The highest BCUT2D eigenvalue weighted by Crippen LogP contribution is 2.21. The second kappa shape index (κ2) is 5.25. The molecule has 0 saturated carbocycles. The van der Waals surface area contributed by atoms with Gasteiger partial charge in [0.1, 0.15) is 17.8 Å². The molecule has 0 aliphatic heterocycles. The van der Waals surface area contributed by atoms with Crippen molar-refractivity contribution in [3.05, 3.63) is 30.3 Å². The van der Waals surface area contributed by atoms with E-state index in [1.54, 1.807) is 19.4 Å². The largest absolute Gasteiger partial charge is 0.461 e. The topological polar surface area (TPSA) is 68.0 Å². The highest BCUT2D eigenvalue weighted by Gasteiger charge is 2.05. The van der Waals surface area contributed by atoms with E-state index >= 15 is 0 Å². The average molecular weight is 231 g/mol. The van der Waals surface area contributed by atoms with Crippen molar-refractivity contribution in [2.24, 2.45) is 0 Å². The number of aromatic nitrogens is 2. The number of hydrogen-bond acceptors (Lipinski definition) is 5. The van der Waals surface area contributed by atoms with Crippen LogP contribution in [-0.2, 0) is 11.2 Å². The van der Waals surface area contributed by atoms with Gasteiger partial charge in [-0.2, -0.15) is 0 Å². The van der Waals surface area contributed by atoms with E-state index in [-0.39, 0.29) is 0 Å². The number of nitrogens with one attached hydrogen (secondary N) is 1. The molecule has 2 aromatic rings. The first kappa shape index (κ1) is 11.3. The van der Waals surface area contributed by atoms with Gasteiger partial charge in [0, 0.05) is 32.3 Å². The van der Waals surface area contributed by atoms with Crippen LogP contribution in [0.25, 0.3) is 11.3 Å². The first-order chi connectivity index (χ1) is 8.33. The number of hydrogen-bond donors (Lipinski definition) is 1. The molecule has 0 spiro atoms. The summed E-state index contributed by atoms with van der Waals surface area (Å²) in [6, 6.07) is 3.72. The van der Waals surface area contributed by atoms with Crippen molar-refractivity contribution in [3.8, 4) is 11.3 Å². The zero-order valence-corrected chi connectivity index (χ0v) is 9.51. The van der Waals surface area contributed by atoms with E-state index in [2.05, 4.69) is 15.3 Å². The second-order valence-electron chi connectivity index (χ2n) is 3.52. The molecule has 17 heavy (non-hydrogen) atoms. The van der Waals surface area contributed by atoms with Crippen LogP contribution in [0.15, 0.2) is 28.9 Å². The lowest BCUT2D eigenvalue weighted by Gasteiger charge is -1.99. The van der Waals surface area contributed by atoms with Gasteiger partial charge in [-0.25, -0.2) is 9.97 Å². The molecule has 2 heterocycles. The Bertz CT molecular complexity index is 491. The maximum atomic E-state index is 10.3. The molecule has 0 aliphatic carbocycles. The van der Waals surface area contributed by atoms with Crippen LogP contribution < -0.4 is 5.32 Å². The Morgan fingerprint density at radius 3 is 2.76 bits per heavy atom. The number of aryl methyl sites for hydroxylation is 1. The summed E-state index contributed by atoms with van der Waals surface area (Å²) in [5, 5.41) is 2.85. The van der Waals surface area contributed by atoms with E-state index in [0.29, 0.717) is 24.6 Å². The molecular formula is C12H13N3O2. The van der Waals surface area contributed by atoms with Crippen LogP contribution in [-0.4, -0.2) is 23.3 Å². The Morgan fingerprint density at radius 2 is 2.12 bits per heavy atom. The minimum Gasteiger partial charge on any atom is -0.461 e. The minimum absolute atomic E-state index is 0.474. The highest BCUT2D eigenvalue weighted by atomic mass is 16.3. The van der Waals surface area contributed by atoms with E-state index in [1.165, 1.54) is 0 Å². The summed E-state index contributed by atoms with van der Waals surface area (Å²) in [6.45, 7) is 0. The predicted molar refractivity (Wildman–Crippen MR) is 63.7 cm³/mol. The maximum absolute atomic E-state index is 10.3. The van der Waals surface area contributed by atoms with Gasteiger partial charge >= 0.3 is 0 Å². The van der Waals surface area contributed by atoms with Crippen molar-refractivity contribution in [3.63, 3.8) is 0 Å². The van der Waals surface area contributed by atoms with Gasteiger partial charge in [-0.3, -0.25) is 0 Å². The van der Waals surface area contributed by atoms with E-state index in [1.807, 2.05) is 12.1 Å². The van der Waals surface area contributed by atoms with Crippen LogP contribution in [0.1, 0.15) is 12.2 Å². The lowest BCUT2D eigenvalue weighted by atomic mass is 10.2. The van der Waals surface area contributed by atoms with Crippen molar-refractivity contribution in [2.45, 2.75) is 12.8 Å². The summed E-state index contributed by atoms with van der Waals surface area (Å²) < 4.78 is 5.59. The van der Waals surface area contributed by atoms with Crippen LogP contribution in [0.4, 0.5) is 5.95 Å². The van der Waals surface area contributed by atoms with Crippen molar-refractivity contribution in [1.82, 2.24) is 9.97 Å². The lowest BCUT2D eigenvalue weighted by molar-refractivity contribution is -0.107. The molecular weight excluding hydrogens is 218 g/mol. The second-order valence-corrected chi connectivity index (χ2v) is 3.52. The predicted octanol–water partition coefficient (Wildman–Crippen LogP) is 1.91. The third kappa shape index (κ3) is 2.69. The molecule has 0 amide bonds. The van der Waals surface area contributed by atoms with Gasteiger partial charge in [0.15, 0.2) is 0 Å². The van der Waals surface area contributed by atoms with Crippen LogP contribution in [0.5, 0.6) is 0 Å². The highest BCUT2D eigenvalue weighted by molar-refractivity contribution is 5.56. The molecule has 0 unspecified atom stereocenters.